The Morgan fingerprint density at radius 2 is 2.25 bits per heavy atom. The molecule has 1 saturated heterocycles. The molecule has 0 N–H and O–H groups in total. The minimum atomic E-state index is -0.464. The van der Waals surface area contributed by atoms with Crippen LogP contribution in [-0.2, 0) is 9.53 Å². The van der Waals surface area contributed by atoms with E-state index in [1.807, 2.05) is 6.07 Å². The Balaban J connectivity index is 1.89. The fraction of sp³-hybridized carbons (Fsp3) is 0.357. The van der Waals surface area contributed by atoms with Crippen molar-refractivity contribution in [3.8, 4) is 0 Å². The number of pyridine rings is 1. The SMILES string of the molecule is COC(=O)[C@@H]1CCCN1C(=O)c1ccn2nccc2c1. The molecule has 2 aromatic rings. The number of carbonyl (C=O) groups is 2. The second-order valence-electron chi connectivity index (χ2n) is 4.80. The molecule has 6 nitrogen and oxygen atoms in total. The average Bonchev–Trinajstić information content (AvgIpc) is 3.13. The molecule has 3 heterocycles. The van der Waals surface area contributed by atoms with Gasteiger partial charge in [-0.15, -0.1) is 0 Å². The second kappa shape index (κ2) is 4.96. The van der Waals surface area contributed by atoms with Gasteiger partial charge in [0.1, 0.15) is 6.04 Å². The molecule has 1 aliphatic heterocycles. The molecule has 0 bridgehead atoms. The van der Waals surface area contributed by atoms with Gasteiger partial charge in [-0.3, -0.25) is 4.79 Å². The summed E-state index contributed by atoms with van der Waals surface area (Å²) in [5, 5.41) is 4.09. The summed E-state index contributed by atoms with van der Waals surface area (Å²) in [6.07, 6.45) is 4.90. The number of hydrogen-bond acceptors (Lipinski definition) is 4. The Labute approximate surface area is 115 Å². The van der Waals surface area contributed by atoms with Crippen molar-refractivity contribution in [3.05, 3.63) is 36.2 Å². The standard InChI is InChI=1S/C14H15N3O3/c1-20-14(19)12-3-2-7-16(12)13(18)10-5-8-17-11(9-10)4-6-15-17/h4-6,8-9,12H,2-3,7H2,1H3/t12-/m0/s1. The van der Waals surface area contributed by atoms with Gasteiger partial charge in [0.2, 0.25) is 0 Å². The van der Waals surface area contributed by atoms with Crippen molar-refractivity contribution in [2.24, 2.45) is 0 Å². The molecule has 0 aliphatic carbocycles. The third-order valence-electron chi connectivity index (χ3n) is 3.63. The highest BCUT2D eigenvalue weighted by Gasteiger charge is 2.35. The van der Waals surface area contributed by atoms with Gasteiger partial charge in [0.25, 0.3) is 5.91 Å². The van der Waals surface area contributed by atoms with Gasteiger partial charge in [-0.2, -0.15) is 5.10 Å². The first-order valence-electron chi connectivity index (χ1n) is 6.53. The zero-order chi connectivity index (χ0) is 14.1. The predicted molar refractivity (Wildman–Crippen MR) is 71.3 cm³/mol. The normalized spacial score (nSPS) is 18.4. The van der Waals surface area contributed by atoms with E-state index in [1.54, 1.807) is 33.9 Å². The Bertz CT molecular complexity index is 664. The van der Waals surface area contributed by atoms with E-state index in [4.69, 9.17) is 4.74 Å². The van der Waals surface area contributed by atoms with Gasteiger partial charge in [0.05, 0.1) is 12.6 Å². The summed E-state index contributed by atoms with van der Waals surface area (Å²) in [4.78, 5) is 25.8. The lowest BCUT2D eigenvalue weighted by Crippen LogP contribution is -2.41. The van der Waals surface area contributed by atoms with Crippen molar-refractivity contribution in [2.75, 3.05) is 13.7 Å². The first-order valence-corrected chi connectivity index (χ1v) is 6.53. The molecule has 0 saturated carbocycles. The van der Waals surface area contributed by atoms with Crippen LogP contribution in [0.15, 0.2) is 30.6 Å². The number of esters is 1. The van der Waals surface area contributed by atoms with Gasteiger partial charge in [-0.05, 0) is 31.0 Å². The maximum Gasteiger partial charge on any atom is 0.328 e. The van der Waals surface area contributed by atoms with Crippen molar-refractivity contribution in [1.29, 1.82) is 0 Å². The third-order valence-corrected chi connectivity index (χ3v) is 3.63. The summed E-state index contributed by atoms with van der Waals surface area (Å²) in [7, 11) is 1.35. The number of methoxy groups -OCH3 is 1. The van der Waals surface area contributed by atoms with Crippen LogP contribution < -0.4 is 0 Å². The summed E-state index contributed by atoms with van der Waals surface area (Å²) in [5.74, 6) is -0.483. The maximum absolute atomic E-state index is 12.5. The van der Waals surface area contributed by atoms with E-state index in [2.05, 4.69) is 5.10 Å². The molecule has 6 heteroatoms. The molecule has 104 valence electrons. The molecule has 3 rings (SSSR count). The minimum Gasteiger partial charge on any atom is -0.467 e. The highest BCUT2D eigenvalue weighted by Crippen LogP contribution is 2.21. The van der Waals surface area contributed by atoms with Crippen molar-refractivity contribution in [2.45, 2.75) is 18.9 Å². The van der Waals surface area contributed by atoms with E-state index >= 15 is 0 Å². The largest absolute Gasteiger partial charge is 0.467 e. The number of amides is 1. The van der Waals surface area contributed by atoms with Crippen molar-refractivity contribution in [3.63, 3.8) is 0 Å². The van der Waals surface area contributed by atoms with Crippen molar-refractivity contribution < 1.29 is 14.3 Å². The van der Waals surface area contributed by atoms with Crippen molar-refractivity contribution >= 4 is 17.4 Å². The van der Waals surface area contributed by atoms with Crippen LogP contribution in [0, 0.1) is 0 Å². The third kappa shape index (κ3) is 2.03. The number of aromatic nitrogens is 2. The molecule has 2 aromatic heterocycles. The fourth-order valence-electron chi connectivity index (χ4n) is 2.61. The van der Waals surface area contributed by atoms with Crippen LogP contribution in [0.25, 0.3) is 5.52 Å². The number of hydrogen-bond donors (Lipinski definition) is 0. The van der Waals surface area contributed by atoms with E-state index in [0.29, 0.717) is 18.5 Å². The topological polar surface area (TPSA) is 63.9 Å². The van der Waals surface area contributed by atoms with Gasteiger partial charge in [0.15, 0.2) is 0 Å². The number of carbonyl (C=O) groups excluding carboxylic acids is 2. The van der Waals surface area contributed by atoms with E-state index < -0.39 is 6.04 Å². The molecule has 1 amide bonds. The fourth-order valence-corrected chi connectivity index (χ4v) is 2.61. The van der Waals surface area contributed by atoms with Crippen LogP contribution in [-0.4, -0.2) is 46.1 Å². The maximum atomic E-state index is 12.5. The molecule has 1 aliphatic rings. The number of rotatable bonds is 2. The van der Waals surface area contributed by atoms with Gasteiger partial charge < -0.3 is 9.64 Å². The van der Waals surface area contributed by atoms with Gasteiger partial charge in [-0.25, -0.2) is 9.31 Å². The van der Waals surface area contributed by atoms with Crippen LogP contribution in [0.5, 0.6) is 0 Å². The van der Waals surface area contributed by atoms with Crippen LogP contribution in [0.3, 0.4) is 0 Å². The minimum absolute atomic E-state index is 0.137. The summed E-state index contributed by atoms with van der Waals surface area (Å²) < 4.78 is 6.45. The summed E-state index contributed by atoms with van der Waals surface area (Å²) in [5.41, 5.74) is 1.42. The van der Waals surface area contributed by atoms with Crippen molar-refractivity contribution in [1.82, 2.24) is 14.5 Å². The average molecular weight is 273 g/mol. The summed E-state index contributed by atoms with van der Waals surface area (Å²) >= 11 is 0. The molecule has 1 fully saturated rings. The summed E-state index contributed by atoms with van der Waals surface area (Å²) in [6, 6.07) is 4.86. The quantitative estimate of drug-likeness (QED) is 0.769. The van der Waals surface area contributed by atoms with Crippen LogP contribution in [0.2, 0.25) is 0 Å². The first-order chi connectivity index (χ1) is 9.70. The van der Waals surface area contributed by atoms with Gasteiger partial charge in [0, 0.05) is 24.5 Å². The van der Waals surface area contributed by atoms with E-state index in [0.717, 1.165) is 11.9 Å². The summed E-state index contributed by atoms with van der Waals surface area (Å²) in [6.45, 7) is 0.586. The van der Waals surface area contributed by atoms with Crippen LogP contribution >= 0.6 is 0 Å². The monoisotopic (exact) mass is 273 g/mol. The lowest BCUT2D eigenvalue weighted by Gasteiger charge is -2.22. The van der Waals surface area contributed by atoms with Gasteiger partial charge in [-0.1, -0.05) is 0 Å². The number of ether oxygens (including phenoxy) is 1. The number of nitrogens with zero attached hydrogens (tertiary/aromatic N) is 3. The van der Waals surface area contributed by atoms with Gasteiger partial charge >= 0.3 is 5.97 Å². The first kappa shape index (κ1) is 12.7. The molecule has 0 unspecified atom stereocenters. The molecular formula is C14H15N3O3. The van der Waals surface area contributed by atoms with Crippen LogP contribution in [0.4, 0.5) is 0 Å². The molecule has 0 spiro atoms. The van der Waals surface area contributed by atoms with E-state index in [-0.39, 0.29) is 11.9 Å². The zero-order valence-electron chi connectivity index (χ0n) is 11.2. The second-order valence-corrected chi connectivity index (χ2v) is 4.80. The molecular weight excluding hydrogens is 258 g/mol. The Morgan fingerprint density at radius 1 is 1.40 bits per heavy atom. The lowest BCUT2D eigenvalue weighted by atomic mass is 10.2. The molecule has 20 heavy (non-hydrogen) atoms. The Kier molecular flexibility index (Phi) is 3.14. The Hall–Kier alpha value is -2.37. The molecule has 0 aromatic carbocycles. The number of likely N-dealkylation sites (tertiary alicyclic amines) is 1. The molecule has 0 radical (unpaired) electrons. The number of fused-ring (bicyclic) bond motifs is 1. The highest BCUT2D eigenvalue weighted by atomic mass is 16.5. The molecule has 1 atom stereocenters. The lowest BCUT2D eigenvalue weighted by molar-refractivity contribution is -0.145. The van der Waals surface area contributed by atoms with E-state index in [9.17, 15) is 9.59 Å². The smallest absolute Gasteiger partial charge is 0.328 e. The highest BCUT2D eigenvalue weighted by molar-refractivity contribution is 5.98. The van der Waals surface area contributed by atoms with Crippen LogP contribution in [0.1, 0.15) is 23.2 Å². The Morgan fingerprint density at radius 3 is 3.05 bits per heavy atom. The van der Waals surface area contributed by atoms with E-state index in [1.165, 1.54) is 7.11 Å². The predicted octanol–water partition coefficient (Wildman–Crippen LogP) is 1.11. The zero-order valence-corrected chi connectivity index (χ0v) is 11.2.